The Morgan fingerprint density at radius 1 is 1.29 bits per heavy atom. The van der Waals surface area contributed by atoms with Crippen LogP contribution in [0.1, 0.15) is 26.4 Å². The second-order valence-corrected chi connectivity index (χ2v) is 5.09. The Hall–Kier alpha value is -2.81. The predicted octanol–water partition coefficient (Wildman–Crippen LogP) is 0.517. The fourth-order valence-corrected chi connectivity index (χ4v) is 2.01. The number of carbonyl (C=O) groups is 2. The van der Waals surface area contributed by atoms with E-state index in [1.165, 1.54) is 6.20 Å². The number of rotatable bonds is 6. The number of carbonyl (C=O) groups excluding carboxylic acids is 2. The van der Waals surface area contributed by atoms with Gasteiger partial charge in [-0.15, -0.1) is 0 Å². The van der Waals surface area contributed by atoms with E-state index in [1.807, 2.05) is 0 Å². The number of aromatic amines is 1. The average Bonchev–Trinajstić information content (AvgIpc) is 2.97. The molecule has 0 saturated heterocycles. The van der Waals surface area contributed by atoms with Gasteiger partial charge in [0.05, 0.1) is 18.8 Å². The molecule has 4 N–H and O–H groups in total. The van der Waals surface area contributed by atoms with Crippen LogP contribution in [-0.2, 0) is 0 Å². The van der Waals surface area contributed by atoms with Gasteiger partial charge in [-0.2, -0.15) is 5.10 Å². The summed E-state index contributed by atoms with van der Waals surface area (Å²) in [7, 11) is 0. The summed E-state index contributed by atoms with van der Waals surface area (Å²) in [6.45, 7) is 0.996. The van der Waals surface area contributed by atoms with Crippen molar-refractivity contribution in [1.82, 2.24) is 20.8 Å². The van der Waals surface area contributed by atoms with E-state index in [0.29, 0.717) is 5.56 Å². The maximum Gasteiger partial charge on any atom is 0.269 e. The maximum absolute atomic E-state index is 13.5. The normalized spacial score (nSPS) is 11.8. The number of amides is 2. The van der Waals surface area contributed by atoms with Crippen molar-refractivity contribution in [1.29, 1.82) is 0 Å². The number of nitrogens with one attached hydrogen (secondary N) is 3. The number of hydrogen-bond acceptors (Lipinski definition) is 4. The van der Waals surface area contributed by atoms with Gasteiger partial charge >= 0.3 is 0 Å². The van der Waals surface area contributed by atoms with Crippen molar-refractivity contribution in [2.45, 2.75) is 13.0 Å². The lowest BCUT2D eigenvalue weighted by Gasteiger charge is -2.17. The fraction of sp³-hybridized carbons (Fsp3) is 0.267. The van der Waals surface area contributed by atoms with E-state index in [9.17, 15) is 23.5 Å². The van der Waals surface area contributed by atoms with Crippen LogP contribution in [0.3, 0.4) is 0 Å². The van der Waals surface area contributed by atoms with Crippen molar-refractivity contribution < 1.29 is 23.5 Å². The third kappa shape index (κ3) is 3.93. The highest BCUT2D eigenvalue weighted by molar-refractivity contribution is 5.95. The number of hydrogen-bond donors (Lipinski definition) is 4. The number of nitrogens with zero attached hydrogens (tertiary/aromatic N) is 1. The zero-order chi connectivity index (χ0) is 17.7. The highest BCUT2D eigenvalue weighted by Crippen LogP contribution is 2.11. The van der Waals surface area contributed by atoms with Gasteiger partial charge in [0.1, 0.15) is 22.9 Å². The summed E-state index contributed by atoms with van der Waals surface area (Å²) in [4.78, 5) is 23.9. The molecule has 0 aliphatic heterocycles. The van der Waals surface area contributed by atoms with Crippen molar-refractivity contribution in [3.8, 4) is 0 Å². The Labute approximate surface area is 136 Å². The topological polar surface area (TPSA) is 107 Å². The average molecular weight is 338 g/mol. The minimum absolute atomic E-state index is 0.206. The minimum atomic E-state index is -0.995. The zero-order valence-corrected chi connectivity index (χ0v) is 12.8. The lowest BCUT2D eigenvalue weighted by molar-refractivity contribution is 0.0880. The molecule has 1 aromatic heterocycles. The number of aryl methyl sites for hydroxylation is 1. The lowest BCUT2D eigenvalue weighted by atomic mass is 10.1. The standard InChI is InChI=1S/C15H16F2N4O3/c1-8-5-19-21-13(8)15(24)20-9(7-22)6-18-14(23)12-10(16)3-2-4-11(12)17/h2-5,9,22H,6-7H2,1H3,(H,18,23)(H,19,21)(H,20,24)/t9-/m1/s1. The largest absolute Gasteiger partial charge is 0.394 e. The zero-order valence-electron chi connectivity index (χ0n) is 12.8. The highest BCUT2D eigenvalue weighted by atomic mass is 19.1. The molecule has 2 rings (SSSR count). The lowest BCUT2D eigenvalue weighted by Crippen LogP contribution is -2.46. The van der Waals surface area contributed by atoms with Gasteiger partial charge in [-0.1, -0.05) is 6.07 Å². The Kier molecular flexibility index (Phi) is 5.59. The van der Waals surface area contributed by atoms with Crippen molar-refractivity contribution in [2.75, 3.05) is 13.2 Å². The van der Waals surface area contributed by atoms with Crippen LogP contribution >= 0.6 is 0 Å². The third-order valence-electron chi connectivity index (χ3n) is 3.31. The molecule has 0 fully saturated rings. The van der Waals surface area contributed by atoms with E-state index in [1.54, 1.807) is 6.92 Å². The number of H-pyrrole nitrogens is 1. The van der Waals surface area contributed by atoms with Crippen LogP contribution < -0.4 is 10.6 Å². The first-order valence-electron chi connectivity index (χ1n) is 7.08. The van der Waals surface area contributed by atoms with Crippen LogP contribution in [0.5, 0.6) is 0 Å². The SMILES string of the molecule is Cc1cn[nH]c1C(=O)N[C@@H](CO)CNC(=O)c1c(F)cccc1F. The van der Waals surface area contributed by atoms with Gasteiger partial charge in [0.2, 0.25) is 0 Å². The molecule has 0 aliphatic rings. The molecular weight excluding hydrogens is 322 g/mol. The number of aromatic nitrogens is 2. The van der Waals surface area contributed by atoms with Crippen molar-refractivity contribution >= 4 is 11.8 Å². The van der Waals surface area contributed by atoms with Gasteiger partial charge in [-0.3, -0.25) is 14.7 Å². The number of aliphatic hydroxyl groups is 1. The van der Waals surface area contributed by atoms with Crippen molar-refractivity contribution in [3.63, 3.8) is 0 Å². The van der Waals surface area contributed by atoms with Gasteiger partial charge < -0.3 is 15.7 Å². The van der Waals surface area contributed by atoms with Crippen LogP contribution in [0, 0.1) is 18.6 Å². The molecule has 0 radical (unpaired) electrons. The molecule has 1 aromatic carbocycles. The van der Waals surface area contributed by atoms with Gasteiger partial charge in [0.25, 0.3) is 11.8 Å². The molecule has 7 nitrogen and oxygen atoms in total. The van der Waals surface area contributed by atoms with Crippen LogP contribution in [0.15, 0.2) is 24.4 Å². The molecule has 0 bridgehead atoms. The molecule has 9 heteroatoms. The summed E-state index contributed by atoms with van der Waals surface area (Å²) in [5, 5.41) is 20.3. The van der Waals surface area contributed by atoms with Crippen LogP contribution in [0.4, 0.5) is 8.78 Å². The summed E-state index contributed by atoms with van der Waals surface area (Å²) < 4.78 is 27.0. The number of halogens is 2. The molecule has 2 amide bonds. The molecule has 1 heterocycles. The van der Waals surface area contributed by atoms with E-state index in [-0.39, 0.29) is 12.2 Å². The first-order valence-corrected chi connectivity index (χ1v) is 7.08. The maximum atomic E-state index is 13.5. The quantitative estimate of drug-likeness (QED) is 0.616. The Morgan fingerprint density at radius 3 is 2.50 bits per heavy atom. The summed E-state index contributed by atoms with van der Waals surface area (Å²) in [6, 6.07) is 2.23. The van der Waals surface area contributed by atoms with Crippen LogP contribution in [0.2, 0.25) is 0 Å². The van der Waals surface area contributed by atoms with Gasteiger partial charge in [0, 0.05) is 6.54 Å². The van der Waals surface area contributed by atoms with Crippen LogP contribution in [-0.4, -0.2) is 46.3 Å². The molecule has 0 spiro atoms. The molecule has 0 unspecified atom stereocenters. The summed E-state index contributed by atoms with van der Waals surface area (Å²) in [6.07, 6.45) is 1.46. The van der Waals surface area contributed by atoms with Gasteiger partial charge in [0.15, 0.2) is 0 Å². The molecule has 1 atom stereocenters. The second kappa shape index (κ2) is 7.64. The molecule has 2 aromatic rings. The van der Waals surface area contributed by atoms with E-state index >= 15 is 0 Å². The summed E-state index contributed by atoms with van der Waals surface area (Å²) in [5.41, 5.74) is 0.117. The third-order valence-corrected chi connectivity index (χ3v) is 3.31. The van der Waals surface area contributed by atoms with Crippen molar-refractivity contribution in [3.05, 3.63) is 52.9 Å². The summed E-state index contributed by atoms with van der Waals surface area (Å²) in [5.74, 6) is -3.48. The second-order valence-electron chi connectivity index (χ2n) is 5.09. The Morgan fingerprint density at radius 2 is 1.96 bits per heavy atom. The smallest absolute Gasteiger partial charge is 0.269 e. The fourth-order valence-electron chi connectivity index (χ4n) is 2.01. The minimum Gasteiger partial charge on any atom is -0.394 e. The monoisotopic (exact) mass is 338 g/mol. The predicted molar refractivity (Wildman–Crippen MR) is 80.4 cm³/mol. The molecule has 0 saturated carbocycles. The van der Waals surface area contributed by atoms with Gasteiger partial charge in [-0.05, 0) is 24.6 Å². The van der Waals surface area contributed by atoms with E-state index in [0.717, 1.165) is 18.2 Å². The van der Waals surface area contributed by atoms with Crippen molar-refractivity contribution in [2.24, 2.45) is 0 Å². The van der Waals surface area contributed by atoms with Crippen LogP contribution in [0.25, 0.3) is 0 Å². The molecule has 24 heavy (non-hydrogen) atoms. The number of benzene rings is 1. The first kappa shape index (κ1) is 17.5. The summed E-state index contributed by atoms with van der Waals surface area (Å²) >= 11 is 0. The number of aliphatic hydroxyl groups excluding tert-OH is 1. The first-order chi connectivity index (χ1) is 11.4. The Balaban J connectivity index is 1.97. The molecular formula is C15H16F2N4O3. The highest BCUT2D eigenvalue weighted by Gasteiger charge is 2.20. The van der Waals surface area contributed by atoms with E-state index in [2.05, 4.69) is 20.8 Å². The van der Waals surface area contributed by atoms with E-state index < -0.39 is 41.7 Å². The molecule has 128 valence electrons. The Bertz CT molecular complexity index is 728. The van der Waals surface area contributed by atoms with Gasteiger partial charge in [-0.25, -0.2) is 8.78 Å². The van der Waals surface area contributed by atoms with E-state index in [4.69, 9.17) is 0 Å². The molecule has 0 aliphatic carbocycles.